The van der Waals surface area contributed by atoms with Crippen LogP contribution in [0.2, 0.25) is 0 Å². The normalized spacial score (nSPS) is 11.0. The lowest BCUT2D eigenvalue weighted by Crippen LogP contribution is -2.23. The van der Waals surface area contributed by atoms with Gasteiger partial charge in [-0.2, -0.15) is 0 Å². The maximum atomic E-state index is 12.9. The third-order valence-corrected chi connectivity index (χ3v) is 7.00. The predicted octanol–water partition coefficient (Wildman–Crippen LogP) is 5.07. The number of anilines is 1. The van der Waals surface area contributed by atoms with Crippen LogP contribution in [-0.2, 0) is 11.3 Å². The van der Waals surface area contributed by atoms with E-state index in [0.717, 1.165) is 0 Å². The summed E-state index contributed by atoms with van der Waals surface area (Å²) in [4.78, 5) is 43.0. The van der Waals surface area contributed by atoms with Crippen LogP contribution in [0.15, 0.2) is 76.7 Å². The van der Waals surface area contributed by atoms with Gasteiger partial charge in [0, 0.05) is 17.8 Å². The number of fused-ring (bicyclic) bond motifs is 1. The molecule has 0 spiro atoms. The molecule has 10 heteroatoms. The van der Waals surface area contributed by atoms with E-state index in [1.54, 1.807) is 65.2 Å². The molecule has 0 bridgehead atoms. The highest BCUT2D eigenvalue weighted by atomic mass is 32.2. The van der Waals surface area contributed by atoms with Crippen LogP contribution < -0.4 is 25.1 Å². The molecule has 0 aliphatic carbocycles. The lowest BCUT2D eigenvalue weighted by Gasteiger charge is -2.12. The highest BCUT2D eigenvalue weighted by molar-refractivity contribution is 7.99. The Morgan fingerprint density at radius 1 is 0.975 bits per heavy atom. The Bertz CT molecular complexity index is 1620. The van der Waals surface area contributed by atoms with Gasteiger partial charge >= 0.3 is 0 Å². The fraction of sp³-hybridized carbons (Fsp3) is 0.200. The van der Waals surface area contributed by atoms with E-state index in [-0.39, 0.29) is 23.0 Å². The Hall–Kier alpha value is -4.57. The lowest BCUT2D eigenvalue weighted by molar-refractivity contribution is -0.113. The second-order valence-corrected chi connectivity index (χ2v) is 9.48. The third-order valence-electron chi connectivity index (χ3n) is 6.02. The molecule has 1 aromatic heterocycles. The molecule has 9 nitrogen and oxygen atoms in total. The maximum Gasteiger partial charge on any atom is 0.262 e. The number of nitrogens with one attached hydrogen (secondary N) is 1. The molecule has 40 heavy (non-hydrogen) atoms. The lowest BCUT2D eigenvalue weighted by atomic mass is 10.1. The van der Waals surface area contributed by atoms with Crippen LogP contribution in [0.3, 0.4) is 0 Å². The van der Waals surface area contributed by atoms with Crippen molar-refractivity contribution in [2.75, 3.05) is 32.4 Å². The number of hydrogen-bond donors (Lipinski definition) is 1. The molecular weight excluding hydrogens is 530 g/mol. The topological polar surface area (TPSA) is 109 Å². The first kappa shape index (κ1) is 28.4. The summed E-state index contributed by atoms with van der Waals surface area (Å²) in [5.41, 5.74) is 2.03. The van der Waals surface area contributed by atoms with Crippen molar-refractivity contribution in [1.82, 2.24) is 9.55 Å². The highest BCUT2D eigenvalue weighted by Gasteiger charge is 2.14. The van der Waals surface area contributed by atoms with Crippen LogP contribution in [0, 0.1) is 0 Å². The smallest absolute Gasteiger partial charge is 0.262 e. The van der Waals surface area contributed by atoms with Gasteiger partial charge in [0.2, 0.25) is 11.7 Å². The van der Waals surface area contributed by atoms with Crippen molar-refractivity contribution in [2.45, 2.75) is 18.6 Å². The van der Waals surface area contributed by atoms with Gasteiger partial charge in [0.15, 0.2) is 22.4 Å². The minimum Gasteiger partial charge on any atom is -0.493 e. The van der Waals surface area contributed by atoms with Crippen molar-refractivity contribution in [2.24, 2.45) is 0 Å². The average molecular weight is 560 g/mol. The van der Waals surface area contributed by atoms with Crippen molar-refractivity contribution < 1.29 is 23.8 Å². The zero-order valence-electron chi connectivity index (χ0n) is 22.6. The van der Waals surface area contributed by atoms with E-state index in [0.29, 0.717) is 56.7 Å². The van der Waals surface area contributed by atoms with Crippen LogP contribution in [0.5, 0.6) is 17.2 Å². The fourth-order valence-corrected chi connectivity index (χ4v) is 4.94. The monoisotopic (exact) mass is 559 g/mol. The van der Waals surface area contributed by atoms with E-state index in [9.17, 15) is 14.4 Å². The molecule has 1 amide bonds. The van der Waals surface area contributed by atoms with Crippen LogP contribution in [0.25, 0.3) is 17.0 Å². The SMILES string of the molecule is CCn1c(SCC(=O)Nc2cccc(C(=O)/C=C/c3cc(OC)c(OC)c(OC)c3)c2)nc2ccccc2c1=O. The van der Waals surface area contributed by atoms with E-state index >= 15 is 0 Å². The van der Waals surface area contributed by atoms with E-state index in [2.05, 4.69) is 10.3 Å². The minimum absolute atomic E-state index is 0.0456. The number of aromatic nitrogens is 2. The molecule has 1 heterocycles. The van der Waals surface area contributed by atoms with E-state index in [1.165, 1.54) is 39.2 Å². The number of hydrogen-bond acceptors (Lipinski definition) is 8. The number of carbonyl (C=O) groups is 2. The molecule has 4 rings (SSSR count). The molecule has 0 saturated carbocycles. The maximum absolute atomic E-state index is 12.9. The molecule has 0 aliphatic rings. The van der Waals surface area contributed by atoms with Gasteiger partial charge in [0.25, 0.3) is 5.56 Å². The summed E-state index contributed by atoms with van der Waals surface area (Å²) < 4.78 is 17.6. The molecule has 0 aliphatic heterocycles. The van der Waals surface area contributed by atoms with E-state index < -0.39 is 0 Å². The summed E-state index contributed by atoms with van der Waals surface area (Å²) in [6.07, 6.45) is 3.09. The van der Waals surface area contributed by atoms with Crippen molar-refractivity contribution in [3.8, 4) is 17.2 Å². The number of carbonyl (C=O) groups excluding carboxylic acids is 2. The first-order chi connectivity index (χ1) is 19.4. The molecule has 0 atom stereocenters. The molecule has 0 unspecified atom stereocenters. The summed E-state index contributed by atoms with van der Waals surface area (Å²) in [6, 6.07) is 17.3. The molecule has 3 aromatic carbocycles. The second-order valence-electron chi connectivity index (χ2n) is 8.53. The van der Waals surface area contributed by atoms with Crippen molar-refractivity contribution in [1.29, 1.82) is 0 Å². The fourth-order valence-electron chi connectivity index (χ4n) is 4.08. The predicted molar refractivity (Wildman–Crippen MR) is 157 cm³/mol. The highest BCUT2D eigenvalue weighted by Crippen LogP contribution is 2.38. The molecule has 0 saturated heterocycles. The van der Waals surface area contributed by atoms with Gasteiger partial charge in [-0.1, -0.05) is 42.1 Å². The molecule has 206 valence electrons. The van der Waals surface area contributed by atoms with Gasteiger partial charge in [-0.05, 0) is 55.0 Å². The van der Waals surface area contributed by atoms with Crippen LogP contribution >= 0.6 is 11.8 Å². The third kappa shape index (κ3) is 6.35. The van der Waals surface area contributed by atoms with Gasteiger partial charge < -0.3 is 19.5 Å². The molecular formula is C30H29N3O6S. The van der Waals surface area contributed by atoms with Gasteiger partial charge in [-0.25, -0.2) is 4.98 Å². The Balaban J connectivity index is 1.44. The summed E-state index contributed by atoms with van der Waals surface area (Å²) in [6.45, 7) is 2.30. The number of benzene rings is 3. The Morgan fingerprint density at radius 2 is 1.70 bits per heavy atom. The standard InChI is InChI=1S/C30H29N3O6S/c1-5-33-29(36)22-11-6-7-12-23(22)32-30(33)40-18-27(35)31-21-10-8-9-20(17-21)24(34)14-13-19-15-25(37-2)28(39-4)26(16-19)38-3/h6-17H,5,18H2,1-4H3,(H,31,35)/b14-13+. The first-order valence-electron chi connectivity index (χ1n) is 12.4. The van der Waals surface area contributed by atoms with Crippen LogP contribution in [0.4, 0.5) is 5.69 Å². The number of ether oxygens (including phenoxy) is 3. The number of ketones is 1. The molecule has 0 fully saturated rings. The zero-order valence-corrected chi connectivity index (χ0v) is 23.4. The number of nitrogens with zero attached hydrogens (tertiary/aromatic N) is 2. The Labute approximate surface area is 235 Å². The summed E-state index contributed by atoms with van der Waals surface area (Å²) in [7, 11) is 4.57. The minimum atomic E-state index is -0.285. The van der Waals surface area contributed by atoms with Gasteiger partial charge in [0.1, 0.15) is 0 Å². The van der Waals surface area contributed by atoms with E-state index in [4.69, 9.17) is 14.2 Å². The second kappa shape index (κ2) is 13.0. The van der Waals surface area contributed by atoms with Gasteiger partial charge in [-0.15, -0.1) is 0 Å². The average Bonchev–Trinajstić information content (AvgIpc) is 2.98. The quantitative estimate of drug-likeness (QED) is 0.117. The number of amides is 1. The summed E-state index contributed by atoms with van der Waals surface area (Å²) in [5, 5.41) is 3.83. The van der Waals surface area contributed by atoms with Gasteiger partial charge in [0.05, 0.1) is 38.0 Å². The Kier molecular flexibility index (Phi) is 9.23. The number of thioether (sulfide) groups is 1. The van der Waals surface area contributed by atoms with Crippen molar-refractivity contribution in [3.63, 3.8) is 0 Å². The number of rotatable bonds is 11. The van der Waals surface area contributed by atoms with Gasteiger partial charge in [-0.3, -0.25) is 19.0 Å². The largest absolute Gasteiger partial charge is 0.493 e. The van der Waals surface area contributed by atoms with Crippen LogP contribution in [0.1, 0.15) is 22.8 Å². The molecule has 4 aromatic rings. The molecule has 0 radical (unpaired) electrons. The van der Waals surface area contributed by atoms with Crippen LogP contribution in [-0.4, -0.2) is 48.3 Å². The summed E-state index contributed by atoms with van der Waals surface area (Å²) in [5.74, 6) is 0.936. The Morgan fingerprint density at radius 3 is 2.38 bits per heavy atom. The number of methoxy groups -OCH3 is 3. The van der Waals surface area contributed by atoms with E-state index in [1.807, 2.05) is 13.0 Å². The zero-order chi connectivity index (χ0) is 28.6. The molecule has 1 N–H and O–H groups in total. The van der Waals surface area contributed by atoms with Crippen molar-refractivity contribution >= 4 is 46.1 Å². The summed E-state index contributed by atoms with van der Waals surface area (Å²) >= 11 is 1.19. The number of allylic oxidation sites excluding steroid dienone is 1. The number of para-hydroxylation sites is 1. The first-order valence-corrected chi connectivity index (χ1v) is 13.4. The van der Waals surface area contributed by atoms with Crippen molar-refractivity contribution in [3.05, 3.63) is 88.2 Å².